The molecular weight excluding hydrogens is 498 g/mol. The first-order valence-electron chi connectivity index (χ1n) is 10.1. The fourth-order valence-electron chi connectivity index (χ4n) is 3.44. The third kappa shape index (κ3) is 5.56. The first kappa shape index (κ1) is 22.5. The van der Waals surface area contributed by atoms with Gasteiger partial charge < -0.3 is 14.1 Å². The van der Waals surface area contributed by atoms with Crippen molar-refractivity contribution in [1.82, 2.24) is 14.8 Å². The van der Waals surface area contributed by atoms with Crippen LogP contribution in [0.2, 0.25) is 5.02 Å². The Kier molecular flexibility index (Phi) is 7.24. The molecule has 0 spiro atoms. The zero-order valence-corrected chi connectivity index (χ0v) is 19.5. The van der Waals surface area contributed by atoms with Crippen LogP contribution in [-0.4, -0.2) is 46.9 Å². The molecule has 2 aromatic heterocycles. The number of carbonyl (C=O) groups excluding carboxylic acids is 1. The summed E-state index contributed by atoms with van der Waals surface area (Å²) in [7, 11) is 0. The molecule has 3 aromatic rings. The summed E-state index contributed by atoms with van der Waals surface area (Å²) in [6.07, 6.45) is 4.56. The Morgan fingerprint density at radius 3 is 2.66 bits per heavy atom. The van der Waals surface area contributed by atoms with E-state index in [1.807, 2.05) is 23.1 Å². The number of halogens is 2. The van der Waals surface area contributed by atoms with Gasteiger partial charge in [-0.2, -0.15) is 0 Å². The van der Waals surface area contributed by atoms with Crippen molar-refractivity contribution in [1.29, 1.82) is 0 Å². The molecule has 1 fully saturated rings. The number of pyridine rings is 1. The lowest BCUT2D eigenvalue weighted by atomic mass is 10.2. The lowest BCUT2D eigenvalue weighted by molar-refractivity contribution is 0.0618. The molecule has 1 amide bonds. The largest absolute Gasteiger partial charge is 0.482 e. The van der Waals surface area contributed by atoms with E-state index >= 15 is 0 Å². The summed E-state index contributed by atoms with van der Waals surface area (Å²) in [6, 6.07) is 10.5. The maximum Gasteiger partial charge on any atom is 0.255 e. The van der Waals surface area contributed by atoms with Crippen LogP contribution in [0.15, 0.2) is 68.7 Å². The van der Waals surface area contributed by atoms with Crippen molar-refractivity contribution in [2.24, 2.45) is 0 Å². The molecule has 0 saturated carbocycles. The van der Waals surface area contributed by atoms with Crippen molar-refractivity contribution in [3.63, 3.8) is 0 Å². The van der Waals surface area contributed by atoms with E-state index in [1.54, 1.807) is 24.5 Å². The van der Waals surface area contributed by atoms with Crippen molar-refractivity contribution < 1.29 is 13.9 Å². The standard InChI is InChI=1S/C23H21BrClN3O4/c24-18-9-17(11-26-12-18)23(30)28-7-5-27(6-8-28)13-19-10-21(29)22(15-31-19)32-14-16-3-1-2-4-20(16)25/h1-4,9-12,15H,5-8,13-14H2. The quantitative estimate of drug-likeness (QED) is 0.491. The Balaban J connectivity index is 1.30. The second kappa shape index (κ2) is 10.3. The van der Waals surface area contributed by atoms with Crippen molar-refractivity contribution >= 4 is 33.4 Å². The molecule has 1 saturated heterocycles. The first-order chi connectivity index (χ1) is 15.5. The Morgan fingerprint density at radius 2 is 1.94 bits per heavy atom. The summed E-state index contributed by atoms with van der Waals surface area (Å²) in [5.41, 5.74) is 1.11. The number of hydrogen-bond acceptors (Lipinski definition) is 6. The molecule has 1 aliphatic rings. The fourth-order valence-corrected chi connectivity index (χ4v) is 3.99. The molecule has 1 aromatic carbocycles. The second-order valence-electron chi connectivity index (χ2n) is 7.42. The van der Waals surface area contributed by atoms with Gasteiger partial charge in [-0.15, -0.1) is 0 Å². The van der Waals surface area contributed by atoms with Crippen molar-refractivity contribution in [2.75, 3.05) is 26.2 Å². The normalized spacial score (nSPS) is 14.4. The predicted octanol–water partition coefficient (Wildman–Crippen LogP) is 3.99. The lowest BCUT2D eigenvalue weighted by Gasteiger charge is -2.34. The van der Waals surface area contributed by atoms with Gasteiger partial charge in [-0.05, 0) is 28.1 Å². The van der Waals surface area contributed by atoms with Crippen molar-refractivity contribution in [3.05, 3.63) is 91.7 Å². The zero-order valence-electron chi connectivity index (χ0n) is 17.2. The van der Waals surface area contributed by atoms with Gasteiger partial charge in [0.05, 0.1) is 12.1 Å². The smallest absolute Gasteiger partial charge is 0.255 e. The summed E-state index contributed by atoms with van der Waals surface area (Å²) in [4.78, 5) is 33.1. The lowest BCUT2D eigenvalue weighted by Crippen LogP contribution is -2.48. The molecule has 32 heavy (non-hydrogen) atoms. The molecule has 0 bridgehead atoms. The van der Waals surface area contributed by atoms with Gasteiger partial charge in [0.15, 0.2) is 0 Å². The van der Waals surface area contributed by atoms with Crippen LogP contribution in [0.5, 0.6) is 5.75 Å². The van der Waals surface area contributed by atoms with Crippen LogP contribution in [0.25, 0.3) is 0 Å². The highest BCUT2D eigenvalue weighted by atomic mass is 79.9. The number of benzene rings is 1. The molecule has 1 aliphatic heterocycles. The summed E-state index contributed by atoms with van der Waals surface area (Å²) in [6.45, 7) is 3.22. The maximum atomic E-state index is 12.6. The van der Waals surface area contributed by atoms with Gasteiger partial charge in [0, 0.05) is 59.7 Å². The maximum absolute atomic E-state index is 12.6. The van der Waals surface area contributed by atoms with Crippen LogP contribution >= 0.6 is 27.5 Å². The summed E-state index contributed by atoms with van der Waals surface area (Å²) < 4.78 is 12.0. The van der Waals surface area contributed by atoms with Gasteiger partial charge in [-0.1, -0.05) is 29.8 Å². The molecule has 0 atom stereocenters. The van der Waals surface area contributed by atoms with E-state index in [0.29, 0.717) is 49.1 Å². The molecule has 0 N–H and O–H groups in total. The number of piperazine rings is 1. The van der Waals surface area contributed by atoms with Crippen LogP contribution in [0, 0.1) is 0 Å². The highest BCUT2D eigenvalue weighted by Gasteiger charge is 2.23. The van der Waals surface area contributed by atoms with Crippen molar-refractivity contribution in [3.8, 4) is 5.75 Å². The first-order valence-corrected chi connectivity index (χ1v) is 11.3. The molecule has 0 radical (unpaired) electrons. The minimum absolute atomic E-state index is 0.0370. The summed E-state index contributed by atoms with van der Waals surface area (Å²) in [5, 5.41) is 0.585. The number of amides is 1. The number of hydrogen-bond donors (Lipinski definition) is 0. The monoisotopic (exact) mass is 517 g/mol. The minimum atomic E-state index is -0.241. The van der Waals surface area contributed by atoms with Crippen LogP contribution in [0.3, 0.4) is 0 Å². The molecule has 9 heteroatoms. The van der Waals surface area contributed by atoms with E-state index in [1.165, 1.54) is 12.3 Å². The topological polar surface area (TPSA) is 75.9 Å². The van der Waals surface area contributed by atoms with Gasteiger partial charge in [-0.3, -0.25) is 19.5 Å². The Labute approximate surface area is 198 Å². The highest BCUT2D eigenvalue weighted by molar-refractivity contribution is 9.10. The van der Waals surface area contributed by atoms with E-state index in [4.69, 9.17) is 20.8 Å². The van der Waals surface area contributed by atoms with Gasteiger partial charge >= 0.3 is 0 Å². The zero-order chi connectivity index (χ0) is 22.5. The fraction of sp³-hybridized carbons (Fsp3) is 0.261. The van der Waals surface area contributed by atoms with E-state index in [2.05, 4.69) is 25.8 Å². The van der Waals surface area contributed by atoms with Gasteiger partial charge in [0.2, 0.25) is 11.2 Å². The number of aromatic nitrogens is 1. The number of nitrogens with zero attached hydrogens (tertiary/aromatic N) is 3. The SMILES string of the molecule is O=C(c1cncc(Br)c1)N1CCN(Cc2cc(=O)c(OCc3ccccc3Cl)co2)CC1. The third-order valence-electron chi connectivity index (χ3n) is 5.18. The Hall–Kier alpha value is -2.68. The Bertz CT molecular complexity index is 1160. The molecule has 0 aliphatic carbocycles. The average Bonchev–Trinajstić information content (AvgIpc) is 2.79. The molecule has 4 rings (SSSR count). The Morgan fingerprint density at radius 1 is 1.16 bits per heavy atom. The van der Waals surface area contributed by atoms with Gasteiger partial charge in [0.25, 0.3) is 5.91 Å². The predicted molar refractivity (Wildman–Crippen MR) is 124 cm³/mol. The van der Waals surface area contributed by atoms with Crippen LogP contribution in [-0.2, 0) is 13.2 Å². The summed E-state index contributed by atoms with van der Waals surface area (Å²) in [5.74, 6) is 0.660. The minimum Gasteiger partial charge on any atom is -0.482 e. The third-order valence-corrected chi connectivity index (χ3v) is 5.99. The van der Waals surface area contributed by atoms with Gasteiger partial charge in [0.1, 0.15) is 18.6 Å². The van der Waals surface area contributed by atoms with E-state index in [0.717, 1.165) is 10.0 Å². The molecular formula is C23H21BrClN3O4. The van der Waals surface area contributed by atoms with Crippen molar-refractivity contribution in [2.45, 2.75) is 13.2 Å². The van der Waals surface area contributed by atoms with Crippen LogP contribution < -0.4 is 10.2 Å². The van der Waals surface area contributed by atoms with Crippen LogP contribution in [0.4, 0.5) is 0 Å². The molecule has 7 nitrogen and oxygen atoms in total. The highest BCUT2D eigenvalue weighted by Crippen LogP contribution is 2.18. The van der Waals surface area contributed by atoms with E-state index in [-0.39, 0.29) is 23.7 Å². The number of carbonyl (C=O) groups is 1. The average molecular weight is 519 g/mol. The summed E-state index contributed by atoms with van der Waals surface area (Å²) >= 11 is 9.46. The van der Waals surface area contributed by atoms with E-state index < -0.39 is 0 Å². The van der Waals surface area contributed by atoms with Crippen LogP contribution in [0.1, 0.15) is 21.7 Å². The number of ether oxygens (including phenoxy) is 1. The molecule has 0 unspecified atom stereocenters. The molecule has 166 valence electrons. The number of rotatable bonds is 6. The van der Waals surface area contributed by atoms with E-state index in [9.17, 15) is 9.59 Å². The second-order valence-corrected chi connectivity index (χ2v) is 8.74. The molecule has 3 heterocycles. The van der Waals surface area contributed by atoms with Gasteiger partial charge in [-0.25, -0.2) is 0 Å².